The number of azo groups is 1. The predicted octanol–water partition coefficient (Wildman–Crippen LogP) is 3.94. The van der Waals surface area contributed by atoms with Gasteiger partial charge in [0.05, 0.1) is 11.2 Å². The van der Waals surface area contributed by atoms with Gasteiger partial charge in [0, 0.05) is 11.6 Å². The molecule has 0 amide bonds. The number of hydrogen-bond donors (Lipinski definition) is 2. The first-order valence-corrected chi connectivity index (χ1v) is 7.92. The van der Waals surface area contributed by atoms with Crippen molar-refractivity contribution < 1.29 is 0 Å². The van der Waals surface area contributed by atoms with Crippen LogP contribution in [0.3, 0.4) is 0 Å². The Morgan fingerprint density at radius 3 is 2.72 bits per heavy atom. The van der Waals surface area contributed by atoms with Crippen molar-refractivity contribution in [2.24, 2.45) is 10.2 Å². The highest BCUT2D eigenvalue weighted by molar-refractivity contribution is 5.81. The van der Waals surface area contributed by atoms with Crippen molar-refractivity contribution in [1.82, 2.24) is 24.9 Å². The topological polar surface area (TPSA) is 112 Å². The van der Waals surface area contributed by atoms with E-state index in [0.717, 1.165) is 10.9 Å². The van der Waals surface area contributed by atoms with Crippen molar-refractivity contribution in [2.45, 2.75) is 20.8 Å². The number of hydrogen-bond acceptors (Lipinski definition) is 6. The second-order valence-corrected chi connectivity index (χ2v) is 4.99. The van der Waals surface area contributed by atoms with Crippen molar-refractivity contribution in [1.29, 1.82) is 0 Å². The van der Waals surface area contributed by atoms with E-state index in [2.05, 4.69) is 35.1 Å². The van der Waals surface area contributed by atoms with Crippen molar-refractivity contribution in [2.75, 3.05) is 0 Å². The summed E-state index contributed by atoms with van der Waals surface area (Å²) in [5.74, 6) is 0.731. The van der Waals surface area contributed by atoms with Gasteiger partial charge in [0.15, 0.2) is 11.2 Å². The molecule has 25 heavy (non-hydrogen) atoms. The fourth-order valence-electron chi connectivity index (χ4n) is 2.28. The number of H-pyrrole nitrogens is 2. The van der Waals surface area contributed by atoms with Gasteiger partial charge in [0.2, 0.25) is 5.95 Å². The summed E-state index contributed by atoms with van der Waals surface area (Å²) >= 11 is 0. The highest BCUT2D eigenvalue weighted by atomic mass is 16.1. The molecular weight excluding hydrogens is 318 g/mol. The second-order valence-electron chi connectivity index (χ2n) is 4.99. The van der Waals surface area contributed by atoms with Crippen LogP contribution in [0.1, 0.15) is 19.7 Å². The second kappa shape index (κ2) is 7.00. The minimum atomic E-state index is -0.279. The van der Waals surface area contributed by atoms with E-state index in [9.17, 15) is 4.79 Å². The van der Waals surface area contributed by atoms with Crippen LogP contribution in [0, 0.1) is 6.92 Å². The average Bonchev–Trinajstić information content (AvgIpc) is 3.05. The molecule has 0 atom stereocenters. The Balaban J connectivity index is 0.000000880. The van der Waals surface area contributed by atoms with Crippen LogP contribution < -0.4 is 5.56 Å². The zero-order valence-corrected chi connectivity index (χ0v) is 14.1. The van der Waals surface area contributed by atoms with Gasteiger partial charge in [0.1, 0.15) is 5.82 Å². The smallest absolute Gasteiger partial charge is 0.277 e. The molecule has 0 unspecified atom stereocenters. The third-order valence-corrected chi connectivity index (χ3v) is 3.31. The van der Waals surface area contributed by atoms with Gasteiger partial charge < -0.3 is 9.97 Å². The van der Waals surface area contributed by atoms with Gasteiger partial charge >= 0.3 is 0 Å². The molecule has 8 nitrogen and oxygen atoms in total. The number of nitrogens with one attached hydrogen (secondary N) is 2. The van der Waals surface area contributed by atoms with E-state index >= 15 is 0 Å². The van der Waals surface area contributed by atoms with Gasteiger partial charge in [-0.1, -0.05) is 19.9 Å². The highest BCUT2D eigenvalue weighted by Crippen LogP contribution is 2.21. The molecule has 3 aromatic heterocycles. The number of nitrogens with zero attached hydrogens (tertiary/aromatic N) is 5. The third-order valence-electron chi connectivity index (χ3n) is 3.31. The number of aryl methyl sites for hydroxylation is 1. The molecule has 3 heterocycles. The van der Waals surface area contributed by atoms with Crippen molar-refractivity contribution in [3.05, 3.63) is 52.7 Å². The lowest BCUT2D eigenvalue weighted by molar-refractivity contribution is 1.05. The van der Waals surface area contributed by atoms with Crippen molar-refractivity contribution in [3.63, 3.8) is 0 Å². The normalized spacial score (nSPS) is 11.0. The molecule has 0 saturated heterocycles. The summed E-state index contributed by atoms with van der Waals surface area (Å²) in [5.41, 5.74) is 1.89. The maximum absolute atomic E-state index is 11.8. The number of aromatic nitrogens is 5. The summed E-state index contributed by atoms with van der Waals surface area (Å²) < 4.78 is 0. The van der Waals surface area contributed by atoms with E-state index in [1.54, 1.807) is 13.1 Å². The summed E-state index contributed by atoms with van der Waals surface area (Å²) in [5, 5.41) is 9.15. The number of rotatable bonds is 2. The van der Waals surface area contributed by atoms with E-state index in [4.69, 9.17) is 0 Å². The Hall–Kier alpha value is -3.42. The van der Waals surface area contributed by atoms with E-state index in [1.807, 2.05) is 44.2 Å². The van der Waals surface area contributed by atoms with Crippen LogP contribution in [0.5, 0.6) is 0 Å². The first-order chi connectivity index (χ1) is 12.2. The van der Waals surface area contributed by atoms with Crippen LogP contribution >= 0.6 is 0 Å². The number of aromatic amines is 2. The largest absolute Gasteiger partial charge is 0.315 e. The van der Waals surface area contributed by atoms with E-state index in [-0.39, 0.29) is 17.0 Å². The summed E-state index contributed by atoms with van der Waals surface area (Å²) in [6, 6.07) is 9.38. The van der Waals surface area contributed by atoms with Crippen LogP contribution in [0.2, 0.25) is 0 Å². The van der Waals surface area contributed by atoms with Crippen LogP contribution in [0.4, 0.5) is 11.6 Å². The summed E-state index contributed by atoms with van der Waals surface area (Å²) in [6.45, 7) is 5.69. The first kappa shape index (κ1) is 16.4. The fourth-order valence-corrected chi connectivity index (χ4v) is 2.28. The molecule has 4 aromatic rings. The molecule has 0 aliphatic heterocycles. The molecule has 2 N–H and O–H groups in total. The standard InChI is InChI=1S/C15H11N7O.C2H6/c1-8-17-13-12(14(23)18-8)19-15(20-13)22-21-10-4-5-11-9(7-10)3-2-6-16-11;1-2/h2-7H,1H3,(H2,17,18,19,20,23);1-2H3. The van der Waals surface area contributed by atoms with Crippen LogP contribution in [0.15, 0.2) is 51.6 Å². The monoisotopic (exact) mass is 335 g/mol. The SMILES string of the molecule is CC.Cc1nc2nc(N=Nc3ccc4ncccc4c3)[nH]c2c(=O)[nH]1. The highest BCUT2D eigenvalue weighted by Gasteiger charge is 2.07. The number of fused-ring (bicyclic) bond motifs is 2. The molecule has 0 spiro atoms. The lowest BCUT2D eigenvalue weighted by Gasteiger charge is -1.96. The van der Waals surface area contributed by atoms with Crippen molar-refractivity contribution >= 4 is 33.7 Å². The number of benzene rings is 1. The predicted molar refractivity (Wildman–Crippen MR) is 96.5 cm³/mol. The van der Waals surface area contributed by atoms with Gasteiger partial charge in [-0.25, -0.2) is 4.98 Å². The third kappa shape index (κ3) is 3.42. The van der Waals surface area contributed by atoms with E-state index in [0.29, 0.717) is 17.2 Å². The Bertz CT molecular complexity index is 1110. The molecule has 0 aliphatic carbocycles. The minimum Gasteiger partial charge on any atom is -0.315 e. The molecule has 0 fully saturated rings. The van der Waals surface area contributed by atoms with E-state index in [1.165, 1.54) is 0 Å². The summed E-state index contributed by atoms with van der Waals surface area (Å²) in [7, 11) is 0. The van der Waals surface area contributed by atoms with Crippen LogP contribution in [-0.2, 0) is 0 Å². The van der Waals surface area contributed by atoms with E-state index < -0.39 is 0 Å². The Morgan fingerprint density at radius 1 is 1.04 bits per heavy atom. The number of pyridine rings is 1. The van der Waals surface area contributed by atoms with Gasteiger partial charge in [-0.2, -0.15) is 4.98 Å². The Labute approximate surface area is 143 Å². The summed E-state index contributed by atoms with van der Waals surface area (Å²) in [4.78, 5) is 29.7. The molecule has 126 valence electrons. The average molecular weight is 335 g/mol. The molecule has 0 bridgehead atoms. The molecule has 1 aromatic carbocycles. The maximum Gasteiger partial charge on any atom is 0.277 e. The minimum absolute atomic E-state index is 0.231. The van der Waals surface area contributed by atoms with Gasteiger partial charge in [-0.15, -0.1) is 10.2 Å². The molecule has 4 rings (SSSR count). The van der Waals surface area contributed by atoms with Crippen molar-refractivity contribution in [3.8, 4) is 0 Å². The van der Waals surface area contributed by atoms with Gasteiger partial charge in [-0.3, -0.25) is 9.78 Å². The molecule has 0 radical (unpaired) electrons. The fraction of sp³-hybridized carbons (Fsp3) is 0.176. The lowest BCUT2D eigenvalue weighted by atomic mass is 10.2. The molecular formula is C17H17N7O. The lowest BCUT2D eigenvalue weighted by Crippen LogP contribution is -2.09. The summed E-state index contributed by atoms with van der Waals surface area (Å²) in [6.07, 6.45) is 1.74. The molecule has 8 heteroatoms. The zero-order chi connectivity index (χ0) is 17.8. The maximum atomic E-state index is 11.8. The van der Waals surface area contributed by atoms with Crippen LogP contribution in [0.25, 0.3) is 22.1 Å². The van der Waals surface area contributed by atoms with Gasteiger partial charge in [-0.05, 0) is 31.2 Å². The number of imidazole rings is 1. The molecule has 0 saturated carbocycles. The Kier molecular flexibility index (Phi) is 4.60. The Morgan fingerprint density at radius 2 is 1.88 bits per heavy atom. The first-order valence-electron chi connectivity index (χ1n) is 7.92. The van der Waals surface area contributed by atoms with Crippen LogP contribution in [-0.4, -0.2) is 24.9 Å². The molecule has 0 aliphatic rings. The van der Waals surface area contributed by atoms with Gasteiger partial charge in [0.25, 0.3) is 5.56 Å². The zero-order valence-electron chi connectivity index (χ0n) is 14.1. The quantitative estimate of drug-likeness (QED) is 0.540.